The SMILES string of the molecule is COc1cccc2c(N3CCC(CC(C#N)O[PH](=O)OC(C#N)CC4CCN(c5ncnc6c(OC)cccc56)CC4)CC3)ncnc12. The molecule has 2 atom stereocenters. The maximum absolute atomic E-state index is 12.9. The third kappa shape index (κ3) is 7.44. The van der Waals surface area contributed by atoms with Gasteiger partial charge in [-0.25, -0.2) is 19.9 Å². The van der Waals surface area contributed by atoms with Gasteiger partial charge in [-0.2, -0.15) is 10.5 Å². The Morgan fingerprint density at radius 1 is 0.729 bits per heavy atom. The number of nitriles is 2. The van der Waals surface area contributed by atoms with Crippen LogP contribution in [0.5, 0.6) is 11.5 Å². The van der Waals surface area contributed by atoms with E-state index in [4.69, 9.17) is 18.5 Å². The Labute approximate surface area is 280 Å². The predicted molar refractivity (Wildman–Crippen MR) is 181 cm³/mol. The summed E-state index contributed by atoms with van der Waals surface area (Å²) in [5, 5.41) is 21.4. The van der Waals surface area contributed by atoms with Crippen LogP contribution in [-0.2, 0) is 13.6 Å². The van der Waals surface area contributed by atoms with Gasteiger partial charge in [0.1, 0.15) is 46.8 Å². The molecule has 0 aliphatic carbocycles. The summed E-state index contributed by atoms with van der Waals surface area (Å²) in [6.07, 6.45) is 5.58. The molecule has 0 saturated carbocycles. The Morgan fingerprint density at radius 2 is 1.15 bits per heavy atom. The molecule has 2 aromatic heterocycles. The Kier molecular flexibility index (Phi) is 10.8. The van der Waals surface area contributed by atoms with E-state index >= 15 is 0 Å². The van der Waals surface area contributed by atoms with E-state index in [0.717, 1.165) is 85.3 Å². The van der Waals surface area contributed by atoms with Crippen LogP contribution in [-0.4, -0.2) is 72.5 Å². The molecular formula is C34H39N8O5P. The fraction of sp³-hybridized carbons (Fsp3) is 0.471. The van der Waals surface area contributed by atoms with E-state index in [2.05, 4.69) is 41.9 Å². The average Bonchev–Trinajstić information content (AvgIpc) is 3.13. The van der Waals surface area contributed by atoms with Gasteiger partial charge in [-0.1, -0.05) is 12.1 Å². The van der Waals surface area contributed by atoms with Gasteiger partial charge in [0.05, 0.1) is 26.4 Å². The summed E-state index contributed by atoms with van der Waals surface area (Å²) < 4.78 is 35.0. The van der Waals surface area contributed by atoms with Crippen LogP contribution in [0.1, 0.15) is 38.5 Å². The Bertz CT molecular complexity index is 1700. The zero-order valence-corrected chi connectivity index (χ0v) is 28.1. The summed E-state index contributed by atoms with van der Waals surface area (Å²) in [4.78, 5) is 22.4. The molecule has 6 rings (SSSR count). The molecule has 2 unspecified atom stereocenters. The van der Waals surface area contributed by atoms with Gasteiger partial charge < -0.3 is 19.3 Å². The highest BCUT2D eigenvalue weighted by atomic mass is 31.1. The first-order valence-electron chi connectivity index (χ1n) is 16.2. The smallest absolute Gasteiger partial charge is 0.321 e. The van der Waals surface area contributed by atoms with Crippen molar-refractivity contribution in [3.8, 4) is 23.6 Å². The van der Waals surface area contributed by atoms with Crippen molar-refractivity contribution in [3.63, 3.8) is 0 Å². The molecule has 14 heteroatoms. The number of methoxy groups -OCH3 is 2. The number of hydrogen-bond acceptors (Lipinski definition) is 13. The fourth-order valence-electron chi connectivity index (χ4n) is 6.81. The van der Waals surface area contributed by atoms with E-state index in [-0.39, 0.29) is 11.8 Å². The highest BCUT2D eigenvalue weighted by Gasteiger charge is 2.29. The molecule has 0 N–H and O–H groups in total. The molecule has 13 nitrogen and oxygen atoms in total. The van der Waals surface area contributed by atoms with Gasteiger partial charge in [0.2, 0.25) is 0 Å². The molecule has 2 aliphatic heterocycles. The van der Waals surface area contributed by atoms with E-state index in [1.807, 2.05) is 36.4 Å². The minimum atomic E-state index is -3.05. The lowest BCUT2D eigenvalue weighted by Gasteiger charge is -2.34. The molecule has 0 bridgehead atoms. The number of aromatic nitrogens is 4. The lowest BCUT2D eigenvalue weighted by molar-refractivity contribution is 0.140. The van der Waals surface area contributed by atoms with E-state index in [9.17, 15) is 15.1 Å². The van der Waals surface area contributed by atoms with E-state index < -0.39 is 20.5 Å². The quantitative estimate of drug-likeness (QED) is 0.169. The first-order chi connectivity index (χ1) is 23.5. The first kappa shape index (κ1) is 33.4. The maximum atomic E-state index is 12.9. The Balaban J connectivity index is 0.966. The number of fused-ring (bicyclic) bond motifs is 2. The number of benzene rings is 2. The Hall–Kier alpha value is -4.55. The van der Waals surface area contributed by atoms with Crippen molar-refractivity contribution in [2.24, 2.45) is 11.8 Å². The lowest BCUT2D eigenvalue weighted by Crippen LogP contribution is -2.35. The second-order valence-electron chi connectivity index (χ2n) is 12.2. The van der Waals surface area contributed by atoms with Crippen LogP contribution < -0.4 is 19.3 Å². The number of hydrogen-bond donors (Lipinski definition) is 0. The van der Waals surface area contributed by atoms with Crippen LogP contribution in [0, 0.1) is 34.5 Å². The first-order valence-corrected chi connectivity index (χ1v) is 17.5. The molecule has 48 heavy (non-hydrogen) atoms. The van der Waals surface area contributed by atoms with Crippen LogP contribution in [0.4, 0.5) is 11.6 Å². The number of piperidine rings is 2. The molecule has 2 aromatic carbocycles. The third-order valence-corrected chi connectivity index (χ3v) is 10.3. The largest absolute Gasteiger partial charge is 0.494 e. The Morgan fingerprint density at radius 3 is 1.52 bits per heavy atom. The highest BCUT2D eigenvalue weighted by Crippen LogP contribution is 2.37. The summed E-state index contributed by atoms with van der Waals surface area (Å²) in [5.74, 6) is 3.56. The molecular weight excluding hydrogens is 631 g/mol. The summed E-state index contributed by atoms with van der Waals surface area (Å²) in [6, 6.07) is 15.9. The van der Waals surface area contributed by atoms with Crippen molar-refractivity contribution in [1.82, 2.24) is 19.9 Å². The van der Waals surface area contributed by atoms with Gasteiger partial charge in [-0.15, -0.1) is 0 Å². The molecule has 2 fully saturated rings. The van der Waals surface area contributed by atoms with E-state index in [0.29, 0.717) is 24.3 Å². The van der Waals surface area contributed by atoms with Crippen LogP contribution in [0.25, 0.3) is 21.8 Å². The molecule has 4 aromatic rings. The van der Waals surface area contributed by atoms with Crippen molar-refractivity contribution in [1.29, 1.82) is 10.5 Å². The van der Waals surface area contributed by atoms with Crippen LogP contribution in [0.2, 0.25) is 0 Å². The summed E-state index contributed by atoms with van der Waals surface area (Å²) in [6.45, 7) is 3.03. The zero-order valence-electron chi connectivity index (χ0n) is 27.1. The van der Waals surface area contributed by atoms with Gasteiger partial charge in [0, 0.05) is 37.0 Å². The molecule has 0 amide bonds. The van der Waals surface area contributed by atoms with Crippen LogP contribution >= 0.6 is 8.25 Å². The van der Waals surface area contributed by atoms with Crippen LogP contribution in [0.15, 0.2) is 49.1 Å². The van der Waals surface area contributed by atoms with Gasteiger partial charge >= 0.3 is 8.25 Å². The van der Waals surface area contributed by atoms with E-state index in [1.54, 1.807) is 26.9 Å². The monoisotopic (exact) mass is 670 g/mol. The molecule has 0 spiro atoms. The summed E-state index contributed by atoms with van der Waals surface area (Å²) in [7, 11) is 0.202. The number of para-hydroxylation sites is 2. The number of nitrogens with zero attached hydrogens (tertiary/aromatic N) is 8. The topological polar surface area (TPSA) is 160 Å². The third-order valence-electron chi connectivity index (χ3n) is 9.34. The fourth-order valence-corrected chi connectivity index (χ4v) is 7.63. The zero-order chi connectivity index (χ0) is 33.5. The average molecular weight is 671 g/mol. The van der Waals surface area contributed by atoms with Gasteiger partial charge in [-0.3, -0.25) is 13.6 Å². The maximum Gasteiger partial charge on any atom is 0.321 e. The minimum absolute atomic E-state index is 0.216. The highest BCUT2D eigenvalue weighted by molar-refractivity contribution is 7.33. The number of anilines is 2. The number of ether oxygens (including phenoxy) is 2. The predicted octanol–water partition coefficient (Wildman–Crippen LogP) is 5.71. The molecule has 0 radical (unpaired) electrons. The van der Waals surface area contributed by atoms with Gasteiger partial charge in [0.15, 0.2) is 12.2 Å². The lowest BCUT2D eigenvalue weighted by atomic mass is 9.91. The van der Waals surface area contributed by atoms with Crippen molar-refractivity contribution in [2.75, 3.05) is 50.2 Å². The van der Waals surface area contributed by atoms with E-state index in [1.165, 1.54) is 0 Å². The molecule has 250 valence electrons. The van der Waals surface area contributed by atoms with Crippen molar-refractivity contribution >= 4 is 41.7 Å². The summed E-state index contributed by atoms with van der Waals surface area (Å²) >= 11 is 0. The normalized spacial score (nSPS) is 17.8. The van der Waals surface area contributed by atoms with Crippen molar-refractivity contribution in [2.45, 2.75) is 50.7 Å². The van der Waals surface area contributed by atoms with Crippen molar-refractivity contribution in [3.05, 3.63) is 49.1 Å². The minimum Gasteiger partial charge on any atom is -0.494 e. The molecule has 4 heterocycles. The van der Waals surface area contributed by atoms with Crippen molar-refractivity contribution < 1.29 is 23.1 Å². The second kappa shape index (κ2) is 15.6. The van der Waals surface area contributed by atoms with Crippen LogP contribution in [0.3, 0.4) is 0 Å². The molecule has 2 saturated heterocycles. The summed E-state index contributed by atoms with van der Waals surface area (Å²) in [5.41, 5.74) is 1.54. The number of rotatable bonds is 12. The standard InChI is InChI=1S/C34H39N8O5P/c1-44-29-7-3-5-27-31(29)37-21-39-33(27)41-13-9-23(10-14-41)17-25(19-35)46-48(43)47-26(20-36)18-24-11-15-42(16-12-24)34-28-6-4-8-30(45-2)32(28)38-22-40-34/h3-8,21-26,48H,9-18H2,1-2H3. The van der Waals surface area contributed by atoms with Gasteiger partial charge in [0.25, 0.3) is 0 Å². The van der Waals surface area contributed by atoms with Gasteiger partial charge in [-0.05, 0) is 74.6 Å². The molecule has 2 aliphatic rings. The second-order valence-corrected chi connectivity index (χ2v) is 13.1.